The number of alkyl halides is 3. The predicted octanol–water partition coefficient (Wildman–Crippen LogP) is 3.15. The Labute approximate surface area is 113 Å². The molecule has 1 rings (SSSR count). The second kappa shape index (κ2) is 6.72. The van der Waals surface area contributed by atoms with Crippen LogP contribution in [-0.2, 0) is 10.9 Å². The minimum absolute atomic E-state index is 0.00579. The Morgan fingerprint density at radius 3 is 2.74 bits per heavy atom. The van der Waals surface area contributed by atoms with E-state index in [1.807, 2.05) is 6.92 Å². The second-order valence-electron chi connectivity index (χ2n) is 3.83. The molecule has 0 aliphatic rings. The molecule has 0 unspecified atom stereocenters. The molecule has 0 bridgehead atoms. The Bertz CT molecular complexity index is 451. The first-order valence-electron chi connectivity index (χ1n) is 5.37. The second-order valence-corrected chi connectivity index (χ2v) is 4.22. The van der Waals surface area contributed by atoms with E-state index in [9.17, 15) is 13.2 Å². The number of rotatable bonds is 6. The van der Waals surface area contributed by atoms with Crippen LogP contribution in [0.3, 0.4) is 0 Å². The maximum Gasteiger partial charge on any atom is 0.451 e. The van der Waals surface area contributed by atoms with E-state index in [0.717, 1.165) is 5.57 Å². The van der Waals surface area contributed by atoms with Crippen LogP contribution in [0.5, 0.6) is 0 Å². The van der Waals surface area contributed by atoms with Gasteiger partial charge in [-0.1, -0.05) is 23.8 Å². The lowest BCUT2D eigenvalue weighted by atomic mass is 10.4. The van der Waals surface area contributed by atoms with Gasteiger partial charge in [-0.05, 0) is 6.92 Å². The van der Waals surface area contributed by atoms with Gasteiger partial charge in [0.05, 0.1) is 13.2 Å². The molecule has 0 amide bonds. The molecule has 4 nitrogen and oxygen atoms in total. The van der Waals surface area contributed by atoms with Crippen LogP contribution < -0.4 is 5.32 Å². The third-order valence-electron chi connectivity index (χ3n) is 1.85. The molecule has 1 aromatic rings. The molecule has 0 aromatic carbocycles. The number of hydrogen-bond acceptors (Lipinski definition) is 4. The van der Waals surface area contributed by atoms with Gasteiger partial charge in [0.15, 0.2) is 0 Å². The largest absolute Gasteiger partial charge is 0.451 e. The highest BCUT2D eigenvalue weighted by Crippen LogP contribution is 2.28. The molecule has 1 heterocycles. The molecule has 0 saturated carbocycles. The van der Waals surface area contributed by atoms with Crippen LogP contribution in [0.25, 0.3) is 0 Å². The molecular weight excluding hydrogens is 283 g/mol. The molecule has 0 aliphatic heterocycles. The van der Waals surface area contributed by atoms with Crippen molar-refractivity contribution in [3.8, 4) is 0 Å². The Hall–Kier alpha value is -1.34. The molecule has 19 heavy (non-hydrogen) atoms. The first-order chi connectivity index (χ1) is 8.79. The molecule has 0 spiro atoms. The molecule has 0 saturated heterocycles. The van der Waals surface area contributed by atoms with E-state index in [4.69, 9.17) is 16.3 Å². The van der Waals surface area contributed by atoms with Crippen molar-refractivity contribution in [2.45, 2.75) is 13.1 Å². The summed E-state index contributed by atoms with van der Waals surface area (Å²) in [4.78, 5) is 6.45. The van der Waals surface area contributed by atoms with Gasteiger partial charge in [0.25, 0.3) is 0 Å². The molecule has 106 valence electrons. The van der Waals surface area contributed by atoms with Gasteiger partial charge in [0.1, 0.15) is 11.0 Å². The van der Waals surface area contributed by atoms with E-state index >= 15 is 0 Å². The fourth-order valence-electron chi connectivity index (χ4n) is 1.13. The predicted molar refractivity (Wildman–Crippen MR) is 66.2 cm³/mol. The lowest BCUT2D eigenvalue weighted by Crippen LogP contribution is -2.15. The van der Waals surface area contributed by atoms with Crippen molar-refractivity contribution in [3.63, 3.8) is 0 Å². The minimum Gasteiger partial charge on any atom is -0.375 e. The van der Waals surface area contributed by atoms with E-state index in [2.05, 4.69) is 21.9 Å². The van der Waals surface area contributed by atoms with Gasteiger partial charge in [-0.2, -0.15) is 13.2 Å². The first kappa shape index (κ1) is 15.7. The van der Waals surface area contributed by atoms with E-state index < -0.39 is 12.0 Å². The standard InChI is InChI=1S/C11H13ClF3N3O/c1-7(2)6-19-4-3-16-9-5-8(12)17-10(18-9)11(13,14)15/h5H,1,3-4,6H2,2H3,(H,16,17,18). The average molecular weight is 296 g/mol. The Balaban J connectivity index is 2.54. The zero-order chi connectivity index (χ0) is 14.5. The molecule has 0 aliphatic carbocycles. The van der Waals surface area contributed by atoms with E-state index in [-0.39, 0.29) is 11.0 Å². The zero-order valence-electron chi connectivity index (χ0n) is 10.2. The summed E-state index contributed by atoms with van der Waals surface area (Å²) in [6.45, 7) is 6.49. The van der Waals surface area contributed by atoms with Gasteiger partial charge in [-0.3, -0.25) is 0 Å². The van der Waals surface area contributed by atoms with Crippen LogP contribution in [-0.4, -0.2) is 29.7 Å². The van der Waals surface area contributed by atoms with Crippen LogP contribution in [0.1, 0.15) is 12.7 Å². The average Bonchev–Trinajstić information content (AvgIpc) is 2.26. The Morgan fingerprint density at radius 1 is 1.47 bits per heavy atom. The molecule has 0 fully saturated rings. The number of hydrogen-bond donors (Lipinski definition) is 1. The van der Waals surface area contributed by atoms with Crippen LogP contribution in [0, 0.1) is 0 Å². The van der Waals surface area contributed by atoms with Crippen molar-refractivity contribution in [2.24, 2.45) is 0 Å². The van der Waals surface area contributed by atoms with E-state index in [0.29, 0.717) is 19.8 Å². The monoisotopic (exact) mass is 295 g/mol. The quantitative estimate of drug-likeness (QED) is 0.497. The Morgan fingerprint density at radius 2 is 2.16 bits per heavy atom. The number of nitrogens with one attached hydrogen (secondary N) is 1. The highest BCUT2D eigenvalue weighted by molar-refractivity contribution is 6.29. The maximum atomic E-state index is 12.4. The fraction of sp³-hybridized carbons (Fsp3) is 0.455. The van der Waals surface area contributed by atoms with Crippen LogP contribution in [0.2, 0.25) is 5.15 Å². The van der Waals surface area contributed by atoms with Gasteiger partial charge in [-0.25, -0.2) is 9.97 Å². The molecule has 1 N–H and O–H groups in total. The minimum atomic E-state index is -4.63. The number of anilines is 1. The van der Waals surface area contributed by atoms with Crippen molar-refractivity contribution in [3.05, 3.63) is 29.2 Å². The van der Waals surface area contributed by atoms with Crippen LogP contribution in [0.4, 0.5) is 19.0 Å². The SMILES string of the molecule is C=C(C)COCCNc1cc(Cl)nc(C(F)(F)F)n1. The van der Waals surface area contributed by atoms with Crippen LogP contribution in [0.15, 0.2) is 18.2 Å². The number of halogens is 4. The fourth-order valence-corrected chi connectivity index (χ4v) is 1.32. The number of nitrogens with zero attached hydrogens (tertiary/aromatic N) is 2. The van der Waals surface area contributed by atoms with Gasteiger partial charge >= 0.3 is 6.18 Å². The summed E-state index contributed by atoms with van der Waals surface area (Å²) in [6.07, 6.45) is -4.63. The normalized spacial score (nSPS) is 11.4. The summed E-state index contributed by atoms with van der Waals surface area (Å²) in [7, 11) is 0. The summed E-state index contributed by atoms with van der Waals surface area (Å²) >= 11 is 5.50. The van der Waals surface area contributed by atoms with Gasteiger partial charge in [0.2, 0.25) is 5.82 Å². The summed E-state index contributed by atoms with van der Waals surface area (Å²) in [5.74, 6) is -1.27. The molecule has 0 radical (unpaired) electrons. The number of aromatic nitrogens is 2. The van der Waals surface area contributed by atoms with Crippen molar-refractivity contribution in [2.75, 3.05) is 25.1 Å². The van der Waals surface area contributed by atoms with E-state index in [1.165, 1.54) is 6.07 Å². The van der Waals surface area contributed by atoms with E-state index in [1.54, 1.807) is 0 Å². The van der Waals surface area contributed by atoms with Gasteiger partial charge in [-0.15, -0.1) is 0 Å². The van der Waals surface area contributed by atoms with Gasteiger partial charge < -0.3 is 10.1 Å². The molecule has 1 aromatic heterocycles. The third kappa shape index (κ3) is 5.89. The van der Waals surface area contributed by atoms with Gasteiger partial charge in [0, 0.05) is 12.6 Å². The smallest absolute Gasteiger partial charge is 0.375 e. The lowest BCUT2D eigenvalue weighted by molar-refractivity contribution is -0.144. The molecule has 8 heteroatoms. The molecular formula is C11H13ClF3N3O. The zero-order valence-corrected chi connectivity index (χ0v) is 11.0. The summed E-state index contributed by atoms with van der Waals surface area (Å²) in [6, 6.07) is 1.22. The maximum absolute atomic E-state index is 12.4. The van der Waals surface area contributed by atoms with Crippen molar-refractivity contribution >= 4 is 17.4 Å². The summed E-state index contributed by atoms with van der Waals surface area (Å²) in [5, 5.41) is 2.41. The summed E-state index contributed by atoms with van der Waals surface area (Å²) < 4.78 is 42.5. The van der Waals surface area contributed by atoms with Crippen molar-refractivity contribution in [1.29, 1.82) is 0 Å². The first-order valence-corrected chi connectivity index (χ1v) is 5.74. The summed E-state index contributed by atoms with van der Waals surface area (Å²) in [5.41, 5.74) is 0.865. The number of ether oxygens (including phenoxy) is 1. The van der Waals surface area contributed by atoms with Crippen molar-refractivity contribution < 1.29 is 17.9 Å². The highest BCUT2D eigenvalue weighted by atomic mass is 35.5. The lowest BCUT2D eigenvalue weighted by Gasteiger charge is -2.10. The van der Waals surface area contributed by atoms with Crippen molar-refractivity contribution in [1.82, 2.24) is 9.97 Å². The highest BCUT2D eigenvalue weighted by Gasteiger charge is 2.35. The van der Waals surface area contributed by atoms with Crippen LogP contribution >= 0.6 is 11.6 Å². The third-order valence-corrected chi connectivity index (χ3v) is 2.04. The topological polar surface area (TPSA) is 47.0 Å². The molecule has 0 atom stereocenters. The Kier molecular flexibility index (Phi) is 5.56.